The second-order valence-corrected chi connectivity index (χ2v) is 6.56. The minimum Gasteiger partial charge on any atom is -0.396 e. The molecule has 0 fully saturated rings. The number of aliphatic hydroxyl groups excluding tert-OH is 1. The highest BCUT2D eigenvalue weighted by atomic mass is 32.2. The number of thioether (sulfide) groups is 1. The van der Waals surface area contributed by atoms with E-state index < -0.39 is 0 Å². The van der Waals surface area contributed by atoms with E-state index in [1.165, 1.54) is 5.56 Å². The molecular weight excluding hydrogens is 278 g/mol. The molecule has 0 aliphatic rings. The first-order chi connectivity index (χ1) is 10.2. The quantitative estimate of drug-likeness (QED) is 0.818. The molecule has 2 aromatic carbocycles. The van der Waals surface area contributed by atoms with Crippen molar-refractivity contribution in [2.24, 2.45) is 11.7 Å². The Morgan fingerprint density at radius 3 is 2.00 bits per heavy atom. The monoisotopic (exact) mass is 301 g/mol. The Balaban J connectivity index is 2.19. The molecule has 2 aromatic rings. The Labute approximate surface area is 131 Å². The van der Waals surface area contributed by atoms with Crippen LogP contribution in [0, 0.1) is 5.92 Å². The summed E-state index contributed by atoms with van der Waals surface area (Å²) in [5.74, 6) is 1.18. The maximum atomic E-state index is 9.23. The van der Waals surface area contributed by atoms with E-state index in [1.807, 2.05) is 36.0 Å². The van der Waals surface area contributed by atoms with E-state index in [1.54, 1.807) is 0 Å². The molecule has 0 aliphatic heterocycles. The van der Waals surface area contributed by atoms with Crippen LogP contribution in [-0.2, 0) is 0 Å². The lowest BCUT2D eigenvalue weighted by molar-refractivity contribution is 0.250. The Bertz CT molecular complexity index is 517. The number of aliphatic hydroxyl groups is 1. The molecule has 0 bridgehead atoms. The number of nitrogens with two attached hydrogens (primary N) is 1. The van der Waals surface area contributed by atoms with Gasteiger partial charge in [0.1, 0.15) is 0 Å². The van der Waals surface area contributed by atoms with E-state index in [0.29, 0.717) is 0 Å². The molecule has 112 valence electrons. The lowest BCUT2D eigenvalue weighted by Gasteiger charge is -2.25. The van der Waals surface area contributed by atoms with Crippen molar-refractivity contribution in [3.05, 3.63) is 71.8 Å². The molecular formula is C18H23NOS. The first kappa shape index (κ1) is 16.1. The number of benzene rings is 2. The van der Waals surface area contributed by atoms with Gasteiger partial charge in [0.05, 0.1) is 0 Å². The Hall–Kier alpha value is -1.29. The molecule has 3 N–H and O–H groups in total. The van der Waals surface area contributed by atoms with Gasteiger partial charge in [-0.25, -0.2) is 0 Å². The second-order valence-electron chi connectivity index (χ2n) is 5.39. The first-order valence-corrected chi connectivity index (χ1v) is 8.35. The van der Waals surface area contributed by atoms with Crippen LogP contribution in [0.25, 0.3) is 0 Å². The molecule has 0 radical (unpaired) electrons. The fraction of sp³-hybridized carbons (Fsp3) is 0.333. The van der Waals surface area contributed by atoms with Crippen molar-refractivity contribution in [3.8, 4) is 0 Å². The van der Waals surface area contributed by atoms with Gasteiger partial charge in [-0.1, -0.05) is 67.6 Å². The molecule has 3 heteroatoms. The van der Waals surface area contributed by atoms with E-state index in [-0.39, 0.29) is 23.8 Å². The summed E-state index contributed by atoms with van der Waals surface area (Å²) in [7, 11) is 0. The molecule has 2 rings (SSSR count). The summed E-state index contributed by atoms with van der Waals surface area (Å²) in [5, 5.41) is 9.43. The van der Waals surface area contributed by atoms with Crippen LogP contribution < -0.4 is 5.73 Å². The van der Waals surface area contributed by atoms with Gasteiger partial charge in [0.2, 0.25) is 0 Å². The highest BCUT2D eigenvalue weighted by Crippen LogP contribution is 2.39. The minimum absolute atomic E-state index is 0.0514. The van der Waals surface area contributed by atoms with Crippen LogP contribution in [-0.4, -0.2) is 17.5 Å². The lowest BCUT2D eigenvalue weighted by atomic mass is 9.99. The van der Waals surface area contributed by atoms with E-state index in [4.69, 9.17) is 5.73 Å². The van der Waals surface area contributed by atoms with Crippen LogP contribution in [0.3, 0.4) is 0 Å². The lowest BCUT2D eigenvalue weighted by Crippen LogP contribution is -2.19. The summed E-state index contributed by atoms with van der Waals surface area (Å²) in [6, 6.07) is 20.6. The van der Waals surface area contributed by atoms with Crippen molar-refractivity contribution < 1.29 is 5.11 Å². The largest absolute Gasteiger partial charge is 0.396 e. The zero-order valence-electron chi connectivity index (χ0n) is 12.4. The minimum atomic E-state index is -0.0514. The van der Waals surface area contributed by atoms with Gasteiger partial charge in [0.15, 0.2) is 0 Å². The van der Waals surface area contributed by atoms with Crippen molar-refractivity contribution in [3.63, 3.8) is 0 Å². The third-order valence-electron chi connectivity index (χ3n) is 3.51. The standard InChI is InChI=1S/C18H23NOS/c1-14(12-20)13-21-18(16-10-6-3-7-11-16)17(19)15-8-4-2-5-9-15/h2-11,14,17-18,20H,12-13,19H2,1H3. The predicted octanol–water partition coefficient (Wildman–Crippen LogP) is 3.79. The maximum Gasteiger partial charge on any atom is 0.0490 e. The van der Waals surface area contributed by atoms with E-state index in [9.17, 15) is 5.11 Å². The van der Waals surface area contributed by atoms with Crippen molar-refractivity contribution in [2.45, 2.75) is 18.2 Å². The van der Waals surface area contributed by atoms with E-state index in [0.717, 1.165) is 11.3 Å². The van der Waals surface area contributed by atoms with Crippen molar-refractivity contribution in [2.75, 3.05) is 12.4 Å². The van der Waals surface area contributed by atoms with Crippen LogP contribution >= 0.6 is 11.8 Å². The summed E-state index contributed by atoms with van der Waals surface area (Å²) in [5.41, 5.74) is 8.90. The Morgan fingerprint density at radius 1 is 0.952 bits per heavy atom. The van der Waals surface area contributed by atoms with Gasteiger partial charge in [0.25, 0.3) is 0 Å². The van der Waals surface area contributed by atoms with Crippen molar-refractivity contribution >= 4 is 11.8 Å². The Morgan fingerprint density at radius 2 is 1.48 bits per heavy atom. The Kier molecular flexibility index (Phi) is 6.30. The molecule has 0 heterocycles. The van der Waals surface area contributed by atoms with Crippen molar-refractivity contribution in [1.82, 2.24) is 0 Å². The van der Waals surface area contributed by atoms with Crippen LogP contribution in [0.4, 0.5) is 0 Å². The summed E-state index contributed by atoms with van der Waals surface area (Å²) in [4.78, 5) is 0. The average Bonchev–Trinajstić information content (AvgIpc) is 2.56. The summed E-state index contributed by atoms with van der Waals surface area (Å²) >= 11 is 1.83. The summed E-state index contributed by atoms with van der Waals surface area (Å²) < 4.78 is 0. The van der Waals surface area contributed by atoms with Gasteiger partial charge in [0, 0.05) is 17.9 Å². The fourth-order valence-electron chi connectivity index (χ4n) is 2.22. The fourth-order valence-corrected chi connectivity index (χ4v) is 3.58. The molecule has 0 amide bonds. The topological polar surface area (TPSA) is 46.2 Å². The van der Waals surface area contributed by atoms with Crippen molar-refractivity contribution in [1.29, 1.82) is 0 Å². The van der Waals surface area contributed by atoms with Crippen LogP contribution in [0.1, 0.15) is 29.3 Å². The average molecular weight is 301 g/mol. The molecule has 0 saturated carbocycles. The third-order valence-corrected chi connectivity index (χ3v) is 5.20. The molecule has 3 atom stereocenters. The van der Waals surface area contributed by atoms with Gasteiger partial charge in [-0.05, 0) is 22.8 Å². The first-order valence-electron chi connectivity index (χ1n) is 7.30. The highest BCUT2D eigenvalue weighted by molar-refractivity contribution is 7.99. The molecule has 0 spiro atoms. The van der Waals surface area contributed by atoms with Crippen LogP contribution in [0.15, 0.2) is 60.7 Å². The van der Waals surface area contributed by atoms with E-state index in [2.05, 4.69) is 43.3 Å². The number of rotatable bonds is 7. The molecule has 3 unspecified atom stereocenters. The molecule has 21 heavy (non-hydrogen) atoms. The molecule has 0 saturated heterocycles. The number of hydrogen-bond donors (Lipinski definition) is 2. The van der Waals surface area contributed by atoms with Crippen LogP contribution in [0.2, 0.25) is 0 Å². The van der Waals surface area contributed by atoms with Gasteiger partial charge in [-0.15, -0.1) is 0 Å². The molecule has 2 nitrogen and oxygen atoms in total. The predicted molar refractivity (Wildman–Crippen MR) is 91.3 cm³/mol. The van der Waals surface area contributed by atoms with Crippen LogP contribution in [0.5, 0.6) is 0 Å². The highest BCUT2D eigenvalue weighted by Gasteiger charge is 2.22. The SMILES string of the molecule is CC(CO)CSC(c1ccccc1)C(N)c1ccccc1. The molecule has 0 aliphatic carbocycles. The second kappa shape index (κ2) is 8.23. The maximum absolute atomic E-state index is 9.23. The zero-order valence-corrected chi connectivity index (χ0v) is 13.2. The molecule has 0 aromatic heterocycles. The normalized spacial score (nSPS) is 15.4. The zero-order chi connectivity index (χ0) is 15.1. The third kappa shape index (κ3) is 4.60. The van der Waals surface area contributed by atoms with Gasteiger partial charge < -0.3 is 10.8 Å². The van der Waals surface area contributed by atoms with Gasteiger partial charge in [-0.3, -0.25) is 0 Å². The van der Waals surface area contributed by atoms with E-state index >= 15 is 0 Å². The number of hydrogen-bond acceptors (Lipinski definition) is 3. The summed E-state index contributed by atoms with van der Waals surface area (Å²) in [6.45, 7) is 2.28. The smallest absolute Gasteiger partial charge is 0.0490 e. The summed E-state index contributed by atoms with van der Waals surface area (Å²) in [6.07, 6.45) is 0. The van der Waals surface area contributed by atoms with Gasteiger partial charge >= 0.3 is 0 Å². The van der Waals surface area contributed by atoms with Gasteiger partial charge in [-0.2, -0.15) is 11.8 Å².